The zero-order valence-corrected chi connectivity index (χ0v) is 31.5. The molecule has 6 aromatic rings. The maximum absolute atomic E-state index is 6.53. The van der Waals surface area contributed by atoms with Crippen molar-refractivity contribution in [2.75, 3.05) is 0 Å². The average Bonchev–Trinajstić information content (AvgIpc) is 3.68. The molecule has 0 atom stereocenters. The summed E-state index contributed by atoms with van der Waals surface area (Å²) in [5, 5.41) is 1.01. The normalized spacial score (nSPS) is 15.4. The van der Waals surface area contributed by atoms with Crippen LogP contribution in [0.15, 0.2) is 131 Å². The number of hydrogen-bond donors (Lipinski definition) is 0. The first-order valence-electron chi connectivity index (χ1n) is 18.8. The summed E-state index contributed by atoms with van der Waals surface area (Å²) in [6.45, 7) is 13.1. The Morgan fingerprint density at radius 2 is 1.55 bits per heavy atom. The molecule has 2 aliphatic carbocycles. The lowest BCUT2D eigenvalue weighted by Crippen LogP contribution is -2.17. The minimum atomic E-state index is 0.0574. The van der Waals surface area contributed by atoms with Gasteiger partial charge in [0.2, 0.25) is 0 Å². The summed E-state index contributed by atoms with van der Waals surface area (Å²) in [6, 6.07) is 32.2. The van der Waals surface area contributed by atoms with Crippen LogP contribution in [0.3, 0.4) is 0 Å². The lowest BCUT2D eigenvalue weighted by atomic mass is 9.78. The fraction of sp³-hybridized carbons (Fsp3) is 0.204. The van der Waals surface area contributed by atoms with E-state index in [0.717, 1.165) is 63.8 Å². The van der Waals surface area contributed by atoms with E-state index >= 15 is 0 Å². The van der Waals surface area contributed by atoms with E-state index in [1.165, 1.54) is 33.4 Å². The molecule has 0 unspecified atom stereocenters. The number of aromatic nitrogens is 3. The predicted molar refractivity (Wildman–Crippen MR) is 222 cm³/mol. The number of benzene rings is 4. The highest BCUT2D eigenvalue weighted by molar-refractivity contribution is 6.02. The second kappa shape index (κ2) is 13.9. The molecular weight excluding hydrogens is 647 g/mol. The minimum Gasteiger partial charge on any atom is -0.460 e. The molecule has 53 heavy (non-hydrogen) atoms. The Balaban J connectivity index is 1.21. The van der Waals surface area contributed by atoms with E-state index in [2.05, 4.69) is 94.5 Å². The molecule has 8 rings (SSSR count). The molecule has 0 N–H and O–H groups in total. The Hall–Kier alpha value is -5.87. The fourth-order valence-corrected chi connectivity index (χ4v) is 8.05. The van der Waals surface area contributed by atoms with Crippen molar-refractivity contribution < 1.29 is 4.42 Å². The molecule has 0 saturated carbocycles. The molecule has 2 aromatic heterocycles. The lowest BCUT2D eigenvalue weighted by molar-refractivity contribution is 0.556. The third-order valence-corrected chi connectivity index (χ3v) is 10.9. The summed E-state index contributed by atoms with van der Waals surface area (Å²) in [5.41, 5.74) is 15.5. The van der Waals surface area contributed by atoms with Crippen molar-refractivity contribution in [3.8, 4) is 33.9 Å². The molecular formula is C49H45N3O. The van der Waals surface area contributed by atoms with Gasteiger partial charge >= 0.3 is 0 Å². The van der Waals surface area contributed by atoms with Crippen molar-refractivity contribution in [1.29, 1.82) is 0 Å². The molecule has 0 radical (unpaired) electrons. The van der Waals surface area contributed by atoms with Crippen LogP contribution < -0.4 is 0 Å². The third kappa shape index (κ3) is 6.12. The molecule has 2 heterocycles. The largest absolute Gasteiger partial charge is 0.460 e. The molecule has 0 bridgehead atoms. The van der Waals surface area contributed by atoms with Gasteiger partial charge in [-0.05, 0) is 90.3 Å². The molecule has 4 heteroatoms. The standard InChI is InChI=1S/C49H45N3O/c1-7-9-17-31(3)46-50-47(35-18-11-10-12-19-35)52-48(51-46)38-22-16-25-43-45(38)39(42(8-2)53-43)30-32(4)33-26-28-34(29-27-33)36-21-15-24-41-44(36)37-20-13-14-23-40(37)49(41,5)6/h7,9-13,15-22,24-30H,8,14,23H2,1-6H3/b9-7-,31-17+,32-30+. The van der Waals surface area contributed by atoms with Crippen LogP contribution in [0.25, 0.3) is 67.7 Å². The SMILES string of the molecule is C/C=C\C=C(/C)c1nc(-c2ccccc2)nc(-c2cccc3oc(CC)c(/C=C(\C)c4ccc(-c5cccc6c5C5=C(CCC=C5)C6(C)C)cc4)c23)n1. The van der Waals surface area contributed by atoms with Gasteiger partial charge in [-0.15, -0.1) is 0 Å². The second-order valence-electron chi connectivity index (χ2n) is 14.6. The summed E-state index contributed by atoms with van der Waals surface area (Å²) in [5.74, 6) is 2.86. The van der Waals surface area contributed by atoms with Gasteiger partial charge in [-0.2, -0.15) is 0 Å². The molecule has 0 fully saturated rings. The first kappa shape index (κ1) is 34.2. The quantitative estimate of drug-likeness (QED) is 0.149. The Bertz CT molecular complexity index is 2520. The van der Waals surface area contributed by atoms with Crippen LogP contribution in [-0.2, 0) is 11.8 Å². The van der Waals surface area contributed by atoms with Crippen LogP contribution in [0.1, 0.15) is 88.2 Å². The van der Waals surface area contributed by atoms with Crippen LogP contribution in [0.5, 0.6) is 0 Å². The summed E-state index contributed by atoms with van der Waals surface area (Å²) in [4.78, 5) is 15.0. The summed E-state index contributed by atoms with van der Waals surface area (Å²) in [6.07, 6.45) is 16.0. The fourth-order valence-electron chi connectivity index (χ4n) is 8.05. The van der Waals surface area contributed by atoms with Crippen molar-refractivity contribution in [2.45, 2.75) is 66.2 Å². The Morgan fingerprint density at radius 3 is 2.32 bits per heavy atom. The van der Waals surface area contributed by atoms with Gasteiger partial charge < -0.3 is 4.42 Å². The van der Waals surface area contributed by atoms with Gasteiger partial charge in [0.25, 0.3) is 0 Å². The van der Waals surface area contributed by atoms with Crippen LogP contribution in [-0.4, -0.2) is 15.0 Å². The molecule has 0 amide bonds. The Labute approximate surface area is 313 Å². The van der Waals surface area contributed by atoms with Crippen LogP contribution >= 0.6 is 0 Å². The van der Waals surface area contributed by atoms with Crippen molar-refractivity contribution >= 4 is 33.8 Å². The van der Waals surface area contributed by atoms with E-state index in [-0.39, 0.29) is 5.41 Å². The van der Waals surface area contributed by atoms with Gasteiger partial charge in [0, 0.05) is 33.9 Å². The maximum Gasteiger partial charge on any atom is 0.164 e. The van der Waals surface area contributed by atoms with E-state index in [0.29, 0.717) is 17.5 Å². The van der Waals surface area contributed by atoms with Crippen LogP contribution in [0.4, 0.5) is 0 Å². The zero-order valence-electron chi connectivity index (χ0n) is 31.5. The number of allylic oxidation sites excluding steroid dienone is 9. The Morgan fingerprint density at radius 1 is 0.792 bits per heavy atom. The van der Waals surface area contributed by atoms with Crippen molar-refractivity contribution in [2.24, 2.45) is 0 Å². The van der Waals surface area contributed by atoms with E-state index in [1.54, 1.807) is 5.57 Å². The highest BCUT2D eigenvalue weighted by atomic mass is 16.3. The van der Waals surface area contributed by atoms with Gasteiger partial charge in [-0.25, -0.2) is 15.0 Å². The number of aryl methyl sites for hydroxylation is 1. The molecule has 262 valence electrons. The molecule has 4 aromatic carbocycles. The average molecular weight is 692 g/mol. The number of furan rings is 1. The Kier molecular flexibility index (Phi) is 9.00. The van der Waals surface area contributed by atoms with Crippen molar-refractivity contribution in [1.82, 2.24) is 15.0 Å². The highest BCUT2D eigenvalue weighted by Gasteiger charge is 2.38. The van der Waals surface area contributed by atoms with Gasteiger partial charge in [-0.3, -0.25) is 0 Å². The summed E-state index contributed by atoms with van der Waals surface area (Å²) in [7, 11) is 0. The lowest BCUT2D eigenvalue weighted by Gasteiger charge is -2.25. The van der Waals surface area contributed by atoms with Gasteiger partial charge in [0.15, 0.2) is 17.5 Å². The zero-order chi connectivity index (χ0) is 36.7. The number of fused-ring (bicyclic) bond motifs is 3. The van der Waals surface area contributed by atoms with E-state index in [9.17, 15) is 0 Å². The van der Waals surface area contributed by atoms with Gasteiger partial charge in [0.05, 0.1) is 0 Å². The highest BCUT2D eigenvalue weighted by Crippen LogP contribution is 2.52. The number of rotatable bonds is 8. The van der Waals surface area contributed by atoms with Gasteiger partial charge in [0.1, 0.15) is 11.3 Å². The molecule has 2 aliphatic rings. The first-order valence-corrected chi connectivity index (χ1v) is 18.8. The first-order chi connectivity index (χ1) is 25.8. The predicted octanol–water partition coefficient (Wildman–Crippen LogP) is 13.1. The number of hydrogen-bond acceptors (Lipinski definition) is 4. The van der Waals surface area contributed by atoms with Crippen molar-refractivity contribution in [3.05, 3.63) is 161 Å². The third-order valence-electron chi connectivity index (χ3n) is 10.9. The second-order valence-corrected chi connectivity index (χ2v) is 14.6. The molecule has 0 saturated heterocycles. The molecule has 0 spiro atoms. The van der Waals surface area contributed by atoms with Gasteiger partial charge in [-0.1, -0.05) is 142 Å². The van der Waals surface area contributed by atoms with Crippen LogP contribution in [0, 0.1) is 0 Å². The number of nitrogens with zero attached hydrogens (tertiary/aromatic N) is 3. The van der Waals surface area contributed by atoms with E-state index in [4.69, 9.17) is 19.4 Å². The topological polar surface area (TPSA) is 51.8 Å². The minimum absolute atomic E-state index is 0.0574. The molecule has 4 nitrogen and oxygen atoms in total. The smallest absolute Gasteiger partial charge is 0.164 e. The maximum atomic E-state index is 6.53. The van der Waals surface area contributed by atoms with Crippen molar-refractivity contribution in [3.63, 3.8) is 0 Å². The van der Waals surface area contributed by atoms with Crippen LogP contribution in [0.2, 0.25) is 0 Å². The summed E-state index contributed by atoms with van der Waals surface area (Å²) < 4.78 is 6.53. The van der Waals surface area contributed by atoms with E-state index in [1.807, 2.05) is 74.5 Å². The van der Waals surface area contributed by atoms with E-state index < -0.39 is 0 Å². The summed E-state index contributed by atoms with van der Waals surface area (Å²) >= 11 is 0. The molecule has 0 aliphatic heterocycles. The monoisotopic (exact) mass is 691 g/mol.